The van der Waals surface area contributed by atoms with Gasteiger partial charge in [-0.25, -0.2) is 4.79 Å². The Morgan fingerprint density at radius 3 is 2.62 bits per heavy atom. The molecular formula is C14H17N3O4. The number of aliphatic carboxylic acids is 1. The highest BCUT2D eigenvalue weighted by molar-refractivity contribution is 5.89. The highest BCUT2D eigenvalue weighted by atomic mass is 16.4. The van der Waals surface area contributed by atoms with Gasteiger partial charge in [-0.05, 0) is 5.56 Å². The normalized spacial score (nSPS) is 19.4. The highest BCUT2D eigenvalue weighted by Gasteiger charge is 2.28. The molecule has 7 heteroatoms. The van der Waals surface area contributed by atoms with Gasteiger partial charge in [0.25, 0.3) is 0 Å². The summed E-state index contributed by atoms with van der Waals surface area (Å²) in [4.78, 5) is 34.3. The highest BCUT2D eigenvalue weighted by Crippen LogP contribution is 2.04. The number of rotatable bonds is 5. The lowest BCUT2D eigenvalue weighted by Crippen LogP contribution is -2.60. The number of carbonyl (C=O) groups excluding carboxylic acids is 2. The van der Waals surface area contributed by atoms with E-state index in [1.807, 2.05) is 18.2 Å². The minimum absolute atomic E-state index is 0.0501. The molecule has 0 aromatic heterocycles. The van der Waals surface area contributed by atoms with E-state index >= 15 is 0 Å². The molecule has 2 rings (SSSR count). The van der Waals surface area contributed by atoms with Crippen molar-refractivity contribution in [3.05, 3.63) is 35.9 Å². The van der Waals surface area contributed by atoms with Crippen LogP contribution in [0.15, 0.2) is 30.3 Å². The van der Waals surface area contributed by atoms with Crippen molar-refractivity contribution in [3.63, 3.8) is 0 Å². The summed E-state index contributed by atoms with van der Waals surface area (Å²) in [5.74, 6) is -1.71. The second-order valence-corrected chi connectivity index (χ2v) is 4.83. The van der Waals surface area contributed by atoms with Crippen molar-refractivity contribution < 1.29 is 19.5 Å². The lowest BCUT2D eigenvalue weighted by atomic mass is 10.1. The molecule has 0 aliphatic carbocycles. The predicted molar refractivity (Wildman–Crippen MR) is 74.5 cm³/mol. The lowest BCUT2D eigenvalue weighted by Gasteiger charge is -2.25. The molecule has 2 unspecified atom stereocenters. The van der Waals surface area contributed by atoms with Gasteiger partial charge in [0.15, 0.2) is 0 Å². The van der Waals surface area contributed by atoms with Crippen molar-refractivity contribution >= 4 is 17.8 Å². The Hall–Kier alpha value is -2.41. The Bertz CT molecular complexity index is 522. The van der Waals surface area contributed by atoms with E-state index in [0.717, 1.165) is 5.56 Å². The van der Waals surface area contributed by atoms with Crippen LogP contribution in [0.25, 0.3) is 0 Å². The van der Waals surface area contributed by atoms with Gasteiger partial charge >= 0.3 is 5.97 Å². The number of carboxylic acid groups (broad SMARTS) is 1. The second-order valence-electron chi connectivity index (χ2n) is 4.83. The molecule has 0 spiro atoms. The van der Waals surface area contributed by atoms with E-state index in [1.54, 1.807) is 12.1 Å². The third kappa shape index (κ3) is 4.28. The van der Waals surface area contributed by atoms with Crippen LogP contribution in [0.1, 0.15) is 5.56 Å². The van der Waals surface area contributed by atoms with E-state index in [9.17, 15) is 19.5 Å². The molecule has 1 aliphatic rings. The number of benzene rings is 1. The molecular weight excluding hydrogens is 274 g/mol. The average Bonchev–Trinajstić information content (AvgIpc) is 2.48. The monoisotopic (exact) mass is 291 g/mol. The number of amides is 2. The topological polar surface area (TPSA) is 108 Å². The molecule has 0 bridgehead atoms. The number of carboxylic acids is 1. The average molecular weight is 291 g/mol. The Kier molecular flexibility index (Phi) is 4.89. The number of hydrogen-bond acceptors (Lipinski definition) is 4. The van der Waals surface area contributed by atoms with Crippen molar-refractivity contribution in [2.24, 2.45) is 0 Å². The minimum Gasteiger partial charge on any atom is -0.480 e. The zero-order valence-electron chi connectivity index (χ0n) is 11.3. The molecule has 112 valence electrons. The maximum absolute atomic E-state index is 12.0. The van der Waals surface area contributed by atoms with E-state index in [0.29, 0.717) is 0 Å². The van der Waals surface area contributed by atoms with Crippen LogP contribution in [0.2, 0.25) is 0 Å². The maximum Gasteiger partial charge on any atom is 0.326 e. The second kappa shape index (κ2) is 6.85. The van der Waals surface area contributed by atoms with Gasteiger partial charge in [0.05, 0.1) is 6.54 Å². The lowest BCUT2D eigenvalue weighted by molar-refractivity contribution is -0.142. The first kappa shape index (κ1) is 15.0. The fourth-order valence-electron chi connectivity index (χ4n) is 2.07. The summed E-state index contributed by atoms with van der Waals surface area (Å²) in [5.41, 5.74) is 0.829. The van der Waals surface area contributed by atoms with Gasteiger partial charge < -0.3 is 15.7 Å². The molecule has 1 heterocycles. The molecule has 1 saturated heterocycles. The van der Waals surface area contributed by atoms with Gasteiger partial charge in [0, 0.05) is 13.0 Å². The molecule has 4 N–H and O–H groups in total. The molecule has 0 radical (unpaired) electrons. The largest absolute Gasteiger partial charge is 0.480 e. The predicted octanol–water partition coefficient (Wildman–Crippen LogP) is -1.11. The smallest absolute Gasteiger partial charge is 0.326 e. The number of nitrogens with one attached hydrogen (secondary N) is 3. The number of hydrogen-bond donors (Lipinski definition) is 4. The molecule has 7 nitrogen and oxygen atoms in total. The summed E-state index contributed by atoms with van der Waals surface area (Å²) >= 11 is 0. The summed E-state index contributed by atoms with van der Waals surface area (Å²) in [6, 6.07) is 7.47. The molecule has 1 aliphatic heterocycles. The first-order valence-electron chi connectivity index (χ1n) is 6.63. The van der Waals surface area contributed by atoms with Gasteiger partial charge in [0.1, 0.15) is 12.1 Å². The van der Waals surface area contributed by atoms with E-state index < -0.39 is 24.0 Å². The van der Waals surface area contributed by atoms with Gasteiger partial charge in [-0.1, -0.05) is 30.3 Å². The summed E-state index contributed by atoms with van der Waals surface area (Å²) in [5, 5.41) is 17.0. The van der Waals surface area contributed by atoms with Crippen molar-refractivity contribution in [1.82, 2.24) is 16.0 Å². The van der Waals surface area contributed by atoms with E-state index in [2.05, 4.69) is 16.0 Å². The van der Waals surface area contributed by atoms with Crippen LogP contribution in [0, 0.1) is 0 Å². The number of carbonyl (C=O) groups is 3. The van der Waals surface area contributed by atoms with Crippen LogP contribution in [0.3, 0.4) is 0 Å². The standard InChI is InChI=1S/C14H17N3O4/c18-12-8-15-11(7-16-12)13(19)17-10(14(20)21)6-9-4-2-1-3-5-9/h1-5,10-11,15H,6-8H2,(H,16,18)(H,17,19)(H,20,21). The van der Waals surface area contributed by atoms with Gasteiger partial charge in [-0.15, -0.1) is 0 Å². The van der Waals surface area contributed by atoms with E-state index in [-0.39, 0.29) is 25.4 Å². The molecule has 2 atom stereocenters. The molecule has 2 amide bonds. The van der Waals surface area contributed by atoms with Crippen LogP contribution < -0.4 is 16.0 Å². The van der Waals surface area contributed by atoms with Crippen LogP contribution in [0.5, 0.6) is 0 Å². The van der Waals surface area contributed by atoms with Crippen molar-refractivity contribution in [3.8, 4) is 0 Å². The Morgan fingerprint density at radius 2 is 2.05 bits per heavy atom. The van der Waals surface area contributed by atoms with Crippen LogP contribution in [0.4, 0.5) is 0 Å². The van der Waals surface area contributed by atoms with Gasteiger partial charge in [-0.3, -0.25) is 14.9 Å². The SMILES string of the molecule is O=C1CNC(C(=O)NC(Cc2ccccc2)C(=O)O)CN1. The third-order valence-electron chi connectivity index (χ3n) is 3.23. The molecule has 1 aromatic carbocycles. The van der Waals surface area contributed by atoms with Crippen LogP contribution in [-0.4, -0.2) is 48.1 Å². The fraction of sp³-hybridized carbons (Fsp3) is 0.357. The molecule has 0 saturated carbocycles. The van der Waals surface area contributed by atoms with Crippen molar-refractivity contribution in [1.29, 1.82) is 0 Å². The first-order chi connectivity index (χ1) is 10.1. The first-order valence-corrected chi connectivity index (χ1v) is 6.63. The van der Waals surface area contributed by atoms with Crippen LogP contribution in [-0.2, 0) is 20.8 Å². The van der Waals surface area contributed by atoms with E-state index in [4.69, 9.17) is 0 Å². The minimum atomic E-state index is -1.09. The fourth-order valence-corrected chi connectivity index (χ4v) is 2.07. The van der Waals surface area contributed by atoms with Gasteiger partial charge in [0.2, 0.25) is 11.8 Å². The molecule has 1 fully saturated rings. The zero-order valence-corrected chi connectivity index (χ0v) is 11.3. The summed E-state index contributed by atoms with van der Waals surface area (Å²) in [6.45, 7) is 0.205. The quantitative estimate of drug-likeness (QED) is 0.550. The Labute approximate surface area is 121 Å². The van der Waals surface area contributed by atoms with Gasteiger partial charge in [-0.2, -0.15) is 0 Å². The molecule has 1 aromatic rings. The van der Waals surface area contributed by atoms with Crippen LogP contribution >= 0.6 is 0 Å². The third-order valence-corrected chi connectivity index (χ3v) is 3.23. The maximum atomic E-state index is 12.0. The summed E-state index contributed by atoms with van der Waals surface area (Å²) in [6.07, 6.45) is 0.209. The Morgan fingerprint density at radius 1 is 1.33 bits per heavy atom. The molecule has 21 heavy (non-hydrogen) atoms. The Balaban J connectivity index is 1.95. The van der Waals surface area contributed by atoms with E-state index in [1.165, 1.54) is 0 Å². The zero-order chi connectivity index (χ0) is 15.2. The summed E-state index contributed by atoms with van der Waals surface area (Å²) in [7, 11) is 0. The number of piperazine rings is 1. The summed E-state index contributed by atoms with van der Waals surface area (Å²) < 4.78 is 0. The van der Waals surface area contributed by atoms with Crippen molar-refractivity contribution in [2.75, 3.05) is 13.1 Å². The van der Waals surface area contributed by atoms with Crippen molar-refractivity contribution in [2.45, 2.75) is 18.5 Å².